The number of nitrogens with zero attached hydrogens (tertiary/aromatic N) is 2. The summed E-state index contributed by atoms with van der Waals surface area (Å²) in [6.07, 6.45) is 8.08. The first-order valence-corrected chi connectivity index (χ1v) is 6.23. The van der Waals surface area contributed by atoms with E-state index in [1.165, 1.54) is 24.8 Å². The second-order valence-corrected chi connectivity index (χ2v) is 5.73. The van der Waals surface area contributed by atoms with Crippen LogP contribution in [0, 0.1) is 5.41 Å². The summed E-state index contributed by atoms with van der Waals surface area (Å²) >= 11 is 3.71. The predicted molar refractivity (Wildman–Crippen MR) is 61.7 cm³/mol. The van der Waals surface area contributed by atoms with Gasteiger partial charge in [-0.3, -0.25) is 4.68 Å². The highest BCUT2D eigenvalue weighted by Crippen LogP contribution is 2.53. The molecule has 0 bridgehead atoms. The zero-order valence-corrected chi connectivity index (χ0v) is 10.4. The van der Waals surface area contributed by atoms with Gasteiger partial charge in [-0.15, -0.1) is 0 Å². The molecule has 2 rings (SSSR count). The molecule has 1 heterocycles. The van der Waals surface area contributed by atoms with Crippen LogP contribution < -0.4 is 0 Å². The van der Waals surface area contributed by atoms with Gasteiger partial charge in [-0.05, 0) is 37.2 Å². The van der Waals surface area contributed by atoms with E-state index < -0.39 is 0 Å². The molecular formula is C11H17BrN2. The Morgan fingerprint density at radius 2 is 2.36 bits per heavy atom. The standard InChI is InChI=1S/C11H17BrN2/c1-3-14-8-10(7-13-14)6-11(4-5-11)9(2)12/h7-9H,3-6H2,1-2H3. The molecule has 78 valence electrons. The molecule has 0 saturated heterocycles. The molecule has 3 heteroatoms. The van der Waals surface area contributed by atoms with E-state index in [2.05, 4.69) is 41.1 Å². The zero-order valence-electron chi connectivity index (χ0n) is 8.83. The van der Waals surface area contributed by atoms with Crippen molar-refractivity contribution >= 4 is 15.9 Å². The second-order valence-electron chi connectivity index (χ2n) is 4.36. The lowest BCUT2D eigenvalue weighted by Crippen LogP contribution is -2.14. The van der Waals surface area contributed by atoms with Crippen LogP contribution in [-0.2, 0) is 13.0 Å². The lowest BCUT2D eigenvalue weighted by atomic mass is 9.96. The fourth-order valence-corrected chi connectivity index (χ4v) is 2.57. The van der Waals surface area contributed by atoms with Gasteiger partial charge >= 0.3 is 0 Å². The molecule has 1 aromatic heterocycles. The number of halogens is 1. The van der Waals surface area contributed by atoms with Crippen LogP contribution in [-0.4, -0.2) is 14.6 Å². The number of alkyl halides is 1. The van der Waals surface area contributed by atoms with E-state index >= 15 is 0 Å². The first-order valence-electron chi connectivity index (χ1n) is 5.32. The van der Waals surface area contributed by atoms with Gasteiger partial charge in [-0.2, -0.15) is 5.10 Å². The van der Waals surface area contributed by atoms with Gasteiger partial charge in [0.1, 0.15) is 0 Å². The Hall–Kier alpha value is -0.310. The van der Waals surface area contributed by atoms with Gasteiger partial charge in [-0.1, -0.05) is 22.9 Å². The van der Waals surface area contributed by atoms with Crippen molar-refractivity contribution in [3.63, 3.8) is 0 Å². The molecule has 0 aliphatic heterocycles. The summed E-state index contributed by atoms with van der Waals surface area (Å²) in [4.78, 5) is 0.625. The Morgan fingerprint density at radius 3 is 2.79 bits per heavy atom. The van der Waals surface area contributed by atoms with E-state index in [1.807, 2.05) is 10.9 Å². The molecule has 1 atom stereocenters. The van der Waals surface area contributed by atoms with E-state index in [9.17, 15) is 0 Å². The summed E-state index contributed by atoms with van der Waals surface area (Å²) in [5, 5.41) is 4.31. The minimum Gasteiger partial charge on any atom is -0.273 e. The van der Waals surface area contributed by atoms with Crippen molar-refractivity contribution in [2.45, 2.75) is 44.5 Å². The molecule has 2 nitrogen and oxygen atoms in total. The van der Waals surface area contributed by atoms with Crippen molar-refractivity contribution in [1.29, 1.82) is 0 Å². The van der Waals surface area contributed by atoms with Gasteiger partial charge in [0.2, 0.25) is 0 Å². The molecule has 1 fully saturated rings. The van der Waals surface area contributed by atoms with Crippen LogP contribution in [0.25, 0.3) is 0 Å². The highest BCUT2D eigenvalue weighted by atomic mass is 79.9. The summed E-state index contributed by atoms with van der Waals surface area (Å²) in [6.45, 7) is 5.35. The normalized spacial score (nSPS) is 20.8. The Labute approximate surface area is 93.8 Å². The summed E-state index contributed by atoms with van der Waals surface area (Å²) in [7, 11) is 0. The third-order valence-corrected chi connectivity index (χ3v) is 4.27. The number of hydrogen-bond acceptors (Lipinski definition) is 1. The number of aromatic nitrogens is 2. The molecule has 1 aromatic rings. The molecule has 1 unspecified atom stereocenters. The van der Waals surface area contributed by atoms with E-state index in [0.717, 1.165) is 6.54 Å². The van der Waals surface area contributed by atoms with Gasteiger partial charge in [0, 0.05) is 17.6 Å². The quantitative estimate of drug-likeness (QED) is 0.758. The third kappa shape index (κ3) is 1.88. The van der Waals surface area contributed by atoms with Gasteiger partial charge in [0.25, 0.3) is 0 Å². The number of hydrogen-bond donors (Lipinski definition) is 0. The maximum absolute atomic E-state index is 4.31. The molecule has 0 N–H and O–H groups in total. The lowest BCUT2D eigenvalue weighted by Gasteiger charge is -2.16. The molecule has 0 radical (unpaired) electrons. The average molecular weight is 257 g/mol. The summed E-state index contributed by atoms with van der Waals surface area (Å²) < 4.78 is 2.00. The fraction of sp³-hybridized carbons (Fsp3) is 0.727. The Bertz CT molecular complexity index is 313. The SMILES string of the molecule is CCn1cc(CC2(C(C)Br)CC2)cn1. The monoisotopic (exact) mass is 256 g/mol. The fourth-order valence-electron chi connectivity index (χ4n) is 1.95. The third-order valence-electron chi connectivity index (χ3n) is 3.30. The first-order chi connectivity index (χ1) is 6.66. The second kappa shape index (κ2) is 3.69. The van der Waals surface area contributed by atoms with E-state index in [1.54, 1.807) is 0 Å². The van der Waals surface area contributed by atoms with Crippen LogP contribution >= 0.6 is 15.9 Å². The maximum Gasteiger partial charge on any atom is 0.0521 e. The minimum atomic E-state index is 0.529. The average Bonchev–Trinajstić information content (AvgIpc) is 2.78. The van der Waals surface area contributed by atoms with Crippen LogP contribution in [0.15, 0.2) is 12.4 Å². The molecule has 0 amide bonds. The summed E-state index contributed by atoms with van der Waals surface area (Å²) in [5.74, 6) is 0. The number of aryl methyl sites for hydroxylation is 1. The molecule has 0 spiro atoms. The van der Waals surface area contributed by atoms with Gasteiger partial charge < -0.3 is 0 Å². The smallest absolute Gasteiger partial charge is 0.0521 e. The van der Waals surface area contributed by atoms with Crippen LogP contribution in [0.2, 0.25) is 0 Å². The van der Waals surface area contributed by atoms with E-state index in [4.69, 9.17) is 0 Å². The minimum absolute atomic E-state index is 0.529. The van der Waals surface area contributed by atoms with E-state index in [-0.39, 0.29) is 0 Å². The highest BCUT2D eigenvalue weighted by Gasteiger charge is 2.46. The topological polar surface area (TPSA) is 17.8 Å². The zero-order chi connectivity index (χ0) is 10.2. The Kier molecular flexibility index (Phi) is 2.69. The van der Waals surface area contributed by atoms with E-state index in [0.29, 0.717) is 10.2 Å². The van der Waals surface area contributed by atoms with Gasteiger partial charge in [0.05, 0.1) is 6.20 Å². The van der Waals surface area contributed by atoms with Crippen molar-refractivity contribution in [3.05, 3.63) is 18.0 Å². The lowest BCUT2D eigenvalue weighted by molar-refractivity contribution is 0.508. The molecule has 1 aliphatic carbocycles. The van der Waals surface area contributed by atoms with Crippen molar-refractivity contribution in [2.75, 3.05) is 0 Å². The van der Waals surface area contributed by atoms with Crippen LogP contribution in [0.4, 0.5) is 0 Å². The molecular weight excluding hydrogens is 240 g/mol. The molecule has 1 saturated carbocycles. The Morgan fingerprint density at radius 1 is 1.64 bits per heavy atom. The summed E-state index contributed by atoms with van der Waals surface area (Å²) in [6, 6.07) is 0. The summed E-state index contributed by atoms with van der Waals surface area (Å²) in [5.41, 5.74) is 1.91. The van der Waals surface area contributed by atoms with Gasteiger partial charge in [-0.25, -0.2) is 0 Å². The van der Waals surface area contributed by atoms with Gasteiger partial charge in [0.15, 0.2) is 0 Å². The maximum atomic E-state index is 4.31. The van der Waals surface area contributed by atoms with Crippen molar-refractivity contribution in [2.24, 2.45) is 5.41 Å². The van der Waals surface area contributed by atoms with Crippen LogP contribution in [0.3, 0.4) is 0 Å². The molecule has 14 heavy (non-hydrogen) atoms. The number of rotatable bonds is 4. The van der Waals surface area contributed by atoms with Crippen molar-refractivity contribution < 1.29 is 0 Å². The predicted octanol–water partition coefficient (Wildman–Crippen LogP) is 3.01. The molecule has 1 aliphatic rings. The Balaban J connectivity index is 2.04. The van der Waals surface area contributed by atoms with Crippen LogP contribution in [0.5, 0.6) is 0 Å². The van der Waals surface area contributed by atoms with Crippen molar-refractivity contribution in [3.8, 4) is 0 Å². The molecule has 0 aromatic carbocycles. The largest absolute Gasteiger partial charge is 0.273 e. The highest BCUT2D eigenvalue weighted by molar-refractivity contribution is 9.09. The first kappa shape index (κ1) is 10.2. The van der Waals surface area contributed by atoms with Crippen molar-refractivity contribution in [1.82, 2.24) is 9.78 Å². The van der Waals surface area contributed by atoms with Crippen LogP contribution in [0.1, 0.15) is 32.3 Å².